The molecule has 0 saturated carbocycles. The topological polar surface area (TPSA) is 62.3 Å². The molecule has 3 fully saturated rings. The predicted octanol–water partition coefficient (Wildman–Crippen LogP) is 3.12. The van der Waals surface area contributed by atoms with E-state index in [1.165, 1.54) is 0 Å². The van der Waals surface area contributed by atoms with Crippen molar-refractivity contribution in [1.82, 2.24) is 14.7 Å². The first-order valence-corrected chi connectivity index (χ1v) is 11.8. The van der Waals surface area contributed by atoms with Crippen LogP contribution in [0, 0.1) is 5.92 Å². The number of nitrogens with zero attached hydrogens (tertiary/aromatic N) is 3. The first-order valence-electron chi connectivity index (χ1n) is 11.8. The normalized spacial score (nSPS) is 29.7. The lowest BCUT2D eigenvalue weighted by Gasteiger charge is -2.42. The molecule has 0 aromatic rings. The summed E-state index contributed by atoms with van der Waals surface area (Å²) in [6, 6.07) is -0.369. The second-order valence-corrected chi connectivity index (χ2v) is 10.4. The van der Waals surface area contributed by atoms with Gasteiger partial charge in [0.15, 0.2) is 0 Å². The summed E-state index contributed by atoms with van der Waals surface area (Å²) in [6.45, 7) is 15.2. The molecule has 3 unspecified atom stereocenters. The molecule has 7 nitrogen and oxygen atoms in total. The van der Waals surface area contributed by atoms with Gasteiger partial charge in [0.25, 0.3) is 0 Å². The summed E-state index contributed by atoms with van der Waals surface area (Å²) in [5.74, 6) is 0.729. The van der Waals surface area contributed by atoms with Crippen molar-refractivity contribution in [2.45, 2.75) is 90.6 Å². The maximum atomic E-state index is 13.3. The largest absolute Gasteiger partial charge is 0.444 e. The first-order chi connectivity index (χ1) is 14.1. The number of piperidine rings is 2. The lowest BCUT2D eigenvalue weighted by atomic mass is 9.94. The van der Waals surface area contributed by atoms with Crippen molar-refractivity contribution in [2.24, 2.45) is 5.92 Å². The Morgan fingerprint density at radius 1 is 0.967 bits per heavy atom. The molecule has 2 amide bonds. The molecule has 172 valence electrons. The maximum absolute atomic E-state index is 13.3. The molecule has 0 bridgehead atoms. The second kappa shape index (κ2) is 9.86. The minimum atomic E-state index is -0.547. The van der Waals surface area contributed by atoms with Crippen LogP contribution in [0.5, 0.6) is 0 Å². The third-order valence-electron chi connectivity index (χ3n) is 6.35. The first kappa shape index (κ1) is 23.3. The van der Waals surface area contributed by atoms with Gasteiger partial charge in [0.05, 0.1) is 12.2 Å². The highest BCUT2D eigenvalue weighted by molar-refractivity contribution is 5.86. The minimum Gasteiger partial charge on any atom is -0.444 e. The average molecular weight is 424 g/mol. The van der Waals surface area contributed by atoms with Gasteiger partial charge in [-0.3, -0.25) is 14.6 Å². The van der Waals surface area contributed by atoms with Gasteiger partial charge in [0.1, 0.15) is 11.6 Å². The third-order valence-corrected chi connectivity index (χ3v) is 6.35. The number of carbonyl (C=O) groups excluding carboxylic acids is 2. The standard InChI is InChI=1S/C23H41N3O4/c1-17-14-24(15-18(2)29-17)16-19-9-12-25(13-10-19)21(27)20-8-6-7-11-26(20)22(28)30-23(3,4)5/h17-20H,6-16H2,1-5H3. The summed E-state index contributed by atoms with van der Waals surface area (Å²) in [7, 11) is 0. The molecular formula is C23H41N3O4. The van der Waals surface area contributed by atoms with Crippen LogP contribution in [0.25, 0.3) is 0 Å². The summed E-state index contributed by atoms with van der Waals surface area (Å²) in [5.41, 5.74) is -0.547. The number of hydrogen-bond donors (Lipinski definition) is 0. The van der Waals surface area contributed by atoms with E-state index in [1.807, 2.05) is 25.7 Å². The molecule has 3 aliphatic rings. The van der Waals surface area contributed by atoms with Gasteiger partial charge in [-0.1, -0.05) is 0 Å². The summed E-state index contributed by atoms with van der Waals surface area (Å²) < 4.78 is 11.4. The number of morpholine rings is 1. The average Bonchev–Trinajstić information content (AvgIpc) is 2.66. The van der Waals surface area contributed by atoms with Crippen molar-refractivity contribution in [2.75, 3.05) is 39.3 Å². The molecule has 7 heteroatoms. The fourth-order valence-corrected chi connectivity index (χ4v) is 5.07. The fourth-order valence-electron chi connectivity index (χ4n) is 5.07. The van der Waals surface area contributed by atoms with Crippen LogP contribution in [0.3, 0.4) is 0 Å². The van der Waals surface area contributed by atoms with Crippen molar-refractivity contribution < 1.29 is 19.1 Å². The summed E-state index contributed by atoms with van der Waals surface area (Å²) in [6.07, 6.45) is 4.95. The van der Waals surface area contributed by atoms with E-state index in [0.29, 0.717) is 24.7 Å². The highest BCUT2D eigenvalue weighted by Crippen LogP contribution is 2.26. The zero-order valence-corrected chi connectivity index (χ0v) is 19.6. The van der Waals surface area contributed by atoms with E-state index in [0.717, 1.165) is 64.8 Å². The Bertz CT molecular complexity index is 588. The van der Waals surface area contributed by atoms with Crippen LogP contribution in [-0.4, -0.2) is 89.8 Å². The predicted molar refractivity (Wildman–Crippen MR) is 116 cm³/mol. The lowest BCUT2D eigenvalue weighted by molar-refractivity contribution is -0.139. The van der Waals surface area contributed by atoms with Crippen LogP contribution in [0.1, 0.15) is 66.7 Å². The van der Waals surface area contributed by atoms with Gasteiger partial charge >= 0.3 is 6.09 Å². The number of rotatable bonds is 3. The molecule has 3 rings (SSSR count). The van der Waals surface area contributed by atoms with Crippen molar-refractivity contribution in [3.05, 3.63) is 0 Å². The Labute approximate surface area is 182 Å². The van der Waals surface area contributed by atoms with E-state index < -0.39 is 5.60 Å². The lowest BCUT2D eigenvalue weighted by Crippen LogP contribution is -2.55. The summed E-state index contributed by atoms with van der Waals surface area (Å²) in [4.78, 5) is 32.1. The van der Waals surface area contributed by atoms with Crippen molar-refractivity contribution in [3.8, 4) is 0 Å². The molecule has 3 saturated heterocycles. The summed E-state index contributed by atoms with van der Waals surface area (Å²) >= 11 is 0. The fraction of sp³-hybridized carbons (Fsp3) is 0.913. The monoisotopic (exact) mass is 423 g/mol. The Hall–Kier alpha value is -1.34. The molecule has 0 aliphatic carbocycles. The van der Waals surface area contributed by atoms with Crippen LogP contribution >= 0.6 is 0 Å². The van der Waals surface area contributed by atoms with E-state index >= 15 is 0 Å². The van der Waals surface area contributed by atoms with Gasteiger partial charge in [0.2, 0.25) is 5.91 Å². The zero-order chi connectivity index (χ0) is 21.9. The number of ether oxygens (including phenoxy) is 2. The van der Waals surface area contributed by atoms with Gasteiger partial charge in [-0.2, -0.15) is 0 Å². The van der Waals surface area contributed by atoms with Crippen molar-refractivity contribution >= 4 is 12.0 Å². The van der Waals surface area contributed by atoms with E-state index in [1.54, 1.807) is 4.90 Å². The van der Waals surface area contributed by atoms with Gasteiger partial charge in [-0.05, 0) is 72.6 Å². The molecule has 0 N–H and O–H groups in total. The molecule has 0 spiro atoms. The van der Waals surface area contributed by atoms with Crippen molar-refractivity contribution in [3.63, 3.8) is 0 Å². The molecule has 3 atom stereocenters. The minimum absolute atomic E-state index is 0.104. The molecule has 30 heavy (non-hydrogen) atoms. The van der Waals surface area contributed by atoms with Gasteiger partial charge in [-0.25, -0.2) is 4.79 Å². The van der Waals surface area contributed by atoms with E-state index in [2.05, 4.69) is 18.7 Å². The van der Waals surface area contributed by atoms with Gasteiger partial charge in [0, 0.05) is 39.3 Å². The quantitative estimate of drug-likeness (QED) is 0.698. The number of hydrogen-bond acceptors (Lipinski definition) is 5. The molecule has 3 heterocycles. The van der Waals surface area contributed by atoms with Crippen LogP contribution in [0.4, 0.5) is 4.79 Å². The Morgan fingerprint density at radius 3 is 2.20 bits per heavy atom. The third kappa shape index (κ3) is 6.33. The van der Waals surface area contributed by atoms with Gasteiger partial charge < -0.3 is 14.4 Å². The Kier molecular flexibility index (Phi) is 7.66. The zero-order valence-electron chi connectivity index (χ0n) is 19.6. The van der Waals surface area contributed by atoms with Crippen LogP contribution in [0.2, 0.25) is 0 Å². The second-order valence-electron chi connectivity index (χ2n) is 10.4. The molecule has 0 radical (unpaired) electrons. The van der Waals surface area contributed by atoms with Crippen molar-refractivity contribution in [1.29, 1.82) is 0 Å². The Morgan fingerprint density at radius 2 is 1.60 bits per heavy atom. The van der Waals surface area contributed by atoms with Crippen LogP contribution in [0.15, 0.2) is 0 Å². The summed E-state index contributed by atoms with van der Waals surface area (Å²) in [5, 5.41) is 0. The number of likely N-dealkylation sites (tertiary alicyclic amines) is 2. The van der Waals surface area contributed by atoms with E-state index in [9.17, 15) is 9.59 Å². The molecule has 3 aliphatic heterocycles. The molecule has 0 aromatic carbocycles. The number of carbonyl (C=O) groups is 2. The van der Waals surface area contributed by atoms with E-state index in [4.69, 9.17) is 9.47 Å². The smallest absolute Gasteiger partial charge is 0.410 e. The highest BCUT2D eigenvalue weighted by Gasteiger charge is 2.38. The molecule has 0 aromatic heterocycles. The van der Waals surface area contributed by atoms with Crippen LogP contribution in [-0.2, 0) is 14.3 Å². The Balaban J connectivity index is 1.51. The SMILES string of the molecule is CC1CN(CC2CCN(C(=O)C3CCCCN3C(=O)OC(C)(C)C)CC2)CC(C)O1. The van der Waals surface area contributed by atoms with Gasteiger partial charge in [-0.15, -0.1) is 0 Å². The number of amides is 2. The van der Waals surface area contributed by atoms with Crippen LogP contribution < -0.4 is 0 Å². The molecular weight excluding hydrogens is 382 g/mol. The highest BCUT2D eigenvalue weighted by atomic mass is 16.6. The van der Waals surface area contributed by atoms with E-state index in [-0.39, 0.29) is 18.0 Å². The maximum Gasteiger partial charge on any atom is 0.410 e.